The molecule has 3 aromatic rings. The Labute approximate surface area is 180 Å². The van der Waals surface area contributed by atoms with Crippen LogP contribution in [0.4, 0.5) is 0 Å². The Morgan fingerprint density at radius 1 is 1.31 bits per heavy atom. The third-order valence-electron chi connectivity index (χ3n) is 5.48. The number of hydrogen-bond acceptors (Lipinski definition) is 4. The maximum atomic E-state index is 13.2. The highest BCUT2D eigenvalue weighted by atomic mass is 35.5. The molecule has 29 heavy (non-hydrogen) atoms. The lowest BCUT2D eigenvalue weighted by Crippen LogP contribution is -2.44. The molecule has 3 heterocycles. The quantitative estimate of drug-likeness (QED) is 0.508. The summed E-state index contributed by atoms with van der Waals surface area (Å²) in [7, 11) is 0. The Morgan fingerprint density at radius 3 is 3.03 bits per heavy atom. The number of piperidine rings is 1. The van der Waals surface area contributed by atoms with Crippen LogP contribution < -0.4 is 0 Å². The van der Waals surface area contributed by atoms with Crippen molar-refractivity contribution in [2.45, 2.75) is 56.1 Å². The minimum Gasteiger partial charge on any atom is -0.338 e. The van der Waals surface area contributed by atoms with Crippen molar-refractivity contribution in [3.63, 3.8) is 0 Å². The number of carbonyl (C=O) groups is 1. The van der Waals surface area contributed by atoms with E-state index >= 15 is 0 Å². The zero-order valence-electron chi connectivity index (χ0n) is 16.6. The molecule has 0 unspecified atom stereocenters. The Morgan fingerprint density at radius 2 is 2.21 bits per heavy atom. The van der Waals surface area contributed by atoms with E-state index in [1.165, 1.54) is 6.42 Å². The average Bonchev–Trinajstić information content (AvgIpc) is 3.09. The summed E-state index contributed by atoms with van der Waals surface area (Å²) in [6, 6.07) is 10.1. The van der Waals surface area contributed by atoms with Crippen LogP contribution in [0.1, 0.15) is 38.2 Å². The predicted molar refractivity (Wildman–Crippen MR) is 118 cm³/mol. The van der Waals surface area contributed by atoms with Gasteiger partial charge in [-0.05, 0) is 49.4 Å². The molecule has 1 fully saturated rings. The zero-order chi connectivity index (χ0) is 20.2. The van der Waals surface area contributed by atoms with Crippen LogP contribution in [0.3, 0.4) is 0 Å². The van der Waals surface area contributed by atoms with Crippen LogP contribution in [-0.2, 0) is 17.1 Å². The summed E-state index contributed by atoms with van der Waals surface area (Å²) in [5, 5.41) is 1.57. The predicted octanol–water partition coefficient (Wildman–Crippen LogP) is 5.17. The van der Waals surface area contributed by atoms with Gasteiger partial charge in [0, 0.05) is 29.6 Å². The highest BCUT2D eigenvalue weighted by Gasteiger charge is 2.26. The first-order chi connectivity index (χ1) is 14.2. The standard InChI is InChI=1S/C22H25ClN4OS/c1-2-18-8-3-4-11-26(18)21(28)14-27-20-13-24-10-9-19(20)25-22(27)29-15-16-6-5-7-17(23)12-16/h5-7,9-10,12-13,18H,2-4,8,11,14-15H2,1H3/t18-/m1/s1. The Kier molecular flexibility index (Phi) is 6.40. The number of benzene rings is 1. The van der Waals surface area contributed by atoms with Gasteiger partial charge in [-0.25, -0.2) is 4.98 Å². The summed E-state index contributed by atoms with van der Waals surface area (Å²) in [5.74, 6) is 0.914. The molecular weight excluding hydrogens is 404 g/mol. The summed E-state index contributed by atoms with van der Waals surface area (Å²) < 4.78 is 2.02. The lowest BCUT2D eigenvalue weighted by molar-refractivity contribution is -0.135. The number of halogens is 1. The number of rotatable bonds is 6. The van der Waals surface area contributed by atoms with Crippen molar-refractivity contribution in [3.05, 3.63) is 53.3 Å². The molecule has 1 atom stereocenters. The molecular formula is C22H25ClN4OS. The van der Waals surface area contributed by atoms with Crippen molar-refractivity contribution in [2.75, 3.05) is 6.54 Å². The Balaban J connectivity index is 1.58. The van der Waals surface area contributed by atoms with Gasteiger partial charge >= 0.3 is 0 Å². The van der Waals surface area contributed by atoms with Gasteiger partial charge in [0.25, 0.3) is 0 Å². The largest absolute Gasteiger partial charge is 0.338 e. The maximum Gasteiger partial charge on any atom is 0.242 e. The minimum atomic E-state index is 0.171. The van der Waals surface area contributed by atoms with Gasteiger partial charge in [-0.3, -0.25) is 9.78 Å². The number of hydrogen-bond donors (Lipinski definition) is 0. The van der Waals surface area contributed by atoms with Gasteiger partial charge in [0.1, 0.15) is 6.54 Å². The molecule has 5 nitrogen and oxygen atoms in total. The molecule has 2 aromatic heterocycles. The number of aromatic nitrogens is 3. The monoisotopic (exact) mass is 428 g/mol. The van der Waals surface area contributed by atoms with E-state index in [1.807, 2.05) is 28.8 Å². The fourth-order valence-electron chi connectivity index (χ4n) is 3.96. The van der Waals surface area contributed by atoms with Crippen molar-refractivity contribution >= 4 is 40.3 Å². The second-order valence-corrected chi connectivity index (χ2v) is 8.79. The first-order valence-electron chi connectivity index (χ1n) is 10.1. The van der Waals surface area contributed by atoms with Gasteiger partial charge < -0.3 is 9.47 Å². The highest BCUT2D eigenvalue weighted by Crippen LogP contribution is 2.28. The third-order valence-corrected chi connectivity index (χ3v) is 6.77. The molecule has 1 aliphatic heterocycles. The van der Waals surface area contributed by atoms with Crippen LogP contribution in [0.25, 0.3) is 11.0 Å². The van der Waals surface area contributed by atoms with Gasteiger partial charge in [-0.15, -0.1) is 0 Å². The van der Waals surface area contributed by atoms with Gasteiger partial charge in [0.15, 0.2) is 5.16 Å². The molecule has 0 aliphatic carbocycles. The van der Waals surface area contributed by atoms with E-state index in [4.69, 9.17) is 16.6 Å². The van der Waals surface area contributed by atoms with Crippen LogP contribution in [0.2, 0.25) is 5.02 Å². The lowest BCUT2D eigenvalue weighted by atomic mass is 10.00. The molecule has 0 bridgehead atoms. The SMILES string of the molecule is CC[C@@H]1CCCCN1C(=O)Cn1c(SCc2cccc(Cl)c2)nc2ccncc21. The van der Waals surface area contributed by atoms with Gasteiger partial charge in [0.2, 0.25) is 5.91 Å². The van der Waals surface area contributed by atoms with E-state index in [0.717, 1.165) is 58.3 Å². The van der Waals surface area contributed by atoms with E-state index in [-0.39, 0.29) is 5.91 Å². The number of nitrogens with zero attached hydrogens (tertiary/aromatic N) is 4. The first kappa shape index (κ1) is 20.2. The van der Waals surface area contributed by atoms with E-state index in [2.05, 4.69) is 22.9 Å². The molecule has 1 saturated heterocycles. The minimum absolute atomic E-state index is 0.171. The molecule has 7 heteroatoms. The Bertz CT molecular complexity index is 1010. The van der Waals surface area contributed by atoms with Crippen LogP contribution in [0.5, 0.6) is 0 Å². The summed E-state index contributed by atoms with van der Waals surface area (Å²) in [6.07, 6.45) is 7.95. The van der Waals surface area contributed by atoms with Gasteiger partial charge in [0.05, 0.1) is 17.2 Å². The second-order valence-electron chi connectivity index (χ2n) is 7.41. The molecule has 1 aliphatic rings. The number of amides is 1. The van der Waals surface area contributed by atoms with Crippen molar-refractivity contribution < 1.29 is 4.79 Å². The zero-order valence-corrected chi connectivity index (χ0v) is 18.1. The second kappa shape index (κ2) is 9.18. The topological polar surface area (TPSA) is 51.0 Å². The van der Waals surface area contributed by atoms with E-state index < -0.39 is 0 Å². The fraction of sp³-hybridized carbons (Fsp3) is 0.409. The van der Waals surface area contributed by atoms with E-state index in [9.17, 15) is 4.79 Å². The average molecular weight is 429 g/mol. The molecule has 4 rings (SSSR count). The summed E-state index contributed by atoms with van der Waals surface area (Å²) >= 11 is 7.74. The lowest BCUT2D eigenvalue weighted by Gasteiger charge is -2.35. The van der Waals surface area contributed by atoms with Crippen LogP contribution in [0.15, 0.2) is 47.9 Å². The molecule has 152 valence electrons. The molecule has 0 spiro atoms. The van der Waals surface area contributed by atoms with Crippen LogP contribution in [0, 0.1) is 0 Å². The normalized spacial score (nSPS) is 17.0. The smallest absolute Gasteiger partial charge is 0.242 e. The Hall–Kier alpha value is -2.05. The number of fused-ring (bicyclic) bond motifs is 1. The van der Waals surface area contributed by atoms with E-state index in [0.29, 0.717) is 12.6 Å². The molecule has 0 radical (unpaired) electrons. The first-order valence-corrected chi connectivity index (χ1v) is 11.5. The third kappa shape index (κ3) is 4.59. The summed E-state index contributed by atoms with van der Waals surface area (Å²) in [5.41, 5.74) is 2.90. The number of pyridine rings is 1. The number of carbonyl (C=O) groups excluding carboxylic acids is 1. The molecule has 1 amide bonds. The van der Waals surface area contributed by atoms with Crippen LogP contribution >= 0.6 is 23.4 Å². The molecule has 1 aromatic carbocycles. The molecule has 0 saturated carbocycles. The van der Waals surface area contributed by atoms with Crippen molar-refractivity contribution in [1.29, 1.82) is 0 Å². The molecule has 0 N–H and O–H groups in total. The van der Waals surface area contributed by atoms with Crippen molar-refractivity contribution in [2.24, 2.45) is 0 Å². The van der Waals surface area contributed by atoms with E-state index in [1.54, 1.807) is 24.2 Å². The van der Waals surface area contributed by atoms with Crippen molar-refractivity contribution in [3.8, 4) is 0 Å². The van der Waals surface area contributed by atoms with Crippen LogP contribution in [-0.4, -0.2) is 37.9 Å². The van der Waals surface area contributed by atoms with Crippen molar-refractivity contribution in [1.82, 2.24) is 19.4 Å². The fourth-order valence-corrected chi connectivity index (χ4v) is 5.13. The van der Waals surface area contributed by atoms with Gasteiger partial charge in [-0.2, -0.15) is 0 Å². The number of thioether (sulfide) groups is 1. The number of likely N-dealkylation sites (tertiary alicyclic amines) is 1. The highest BCUT2D eigenvalue weighted by molar-refractivity contribution is 7.98. The number of imidazole rings is 1. The summed E-state index contributed by atoms with van der Waals surface area (Å²) in [6.45, 7) is 3.32. The van der Waals surface area contributed by atoms with Gasteiger partial charge in [-0.1, -0.05) is 42.4 Å². The maximum absolute atomic E-state index is 13.2. The summed E-state index contributed by atoms with van der Waals surface area (Å²) in [4.78, 5) is 24.3.